The van der Waals surface area contributed by atoms with Crippen LogP contribution in [-0.4, -0.2) is 25.1 Å². The standard InChI is InChI=1S/C16H11ClN4O2S/c17-11-3-1-2-10(6-11)15-18-19-16-21(15)20-12(8-24-16)9-4-5-13(22)14(23)7-9/h1-8,20,22-23H. The first-order chi connectivity index (χ1) is 11.6. The SMILES string of the molecule is Oc1ccc(C2=CSc3nnc(-c4cccc(Cl)c4)n3N2)cc1O. The van der Waals surface area contributed by atoms with E-state index in [0.29, 0.717) is 16.0 Å². The molecule has 2 aromatic carbocycles. The molecular weight excluding hydrogens is 348 g/mol. The zero-order chi connectivity index (χ0) is 16.7. The van der Waals surface area contributed by atoms with Gasteiger partial charge in [-0.1, -0.05) is 35.5 Å². The Morgan fingerprint density at radius 3 is 2.67 bits per heavy atom. The van der Waals surface area contributed by atoms with Gasteiger partial charge in [-0.2, -0.15) is 0 Å². The minimum absolute atomic E-state index is 0.160. The molecule has 1 aliphatic rings. The number of hydrogen-bond acceptors (Lipinski definition) is 6. The number of fused-ring (bicyclic) bond motifs is 1. The molecule has 3 aromatic rings. The first-order valence-electron chi connectivity index (χ1n) is 6.99. The van der Waals surface area contributed by atoms with Gasteiger partial charge in [-0.05, 0) is 30.3 Å². The molecule has 6 nitrogen and oxygen atoms in total. The molecule has 0 amide bonds. The average molecular weight is 359 g/mol. The number of rotatable bonds is 2. The molecule has 0 spiro atoms. The van der Waals surface area contributed by atoms with E-state index < -0.39 is 0 Å². The van der Waals surface area contributed by atoms with E-state index in [1.165, 1.54) is 23.9 Å². The molecule has 0 saturated heterocycles. The fourth-order valence-corrected chi connectivity index (χ4v) is 3.27. The van der Waals surface area contributed by atoms with Crippen molar-refractivity contribution in [2.45, 2.75) is 5.16 Å². The van der Waals surface area contributed by atoms with Crippen LogP contribution < -0.4 is 5.43 Å². The van der Waals surface area contributed by atoms with Crippen LogP contribution in [0.3, 0.4) is 0 Å². The molecule has 24 heavy (non-hydrogen) atoms. The molecule has 0 aliphatic carbocycles. The molecule has 120 valence electrons. The predicted octanol–water partition coefficient (Wildman–Crippen LogP) is 3.66. The van der Waals surface area contributed by atoms with Crippen LogP contribution in [-0.2, 0) is 0 Å². The quantitative estimate of drug-likeness (QED) is 0.606. The normalized spacial score (nSPS) is 13.1. The van der Waals surface area contributed by atoms with Gasteiger partial charge in [-0.15, -0.1) is 10.2 Å². The van der Waals surface area contributed by atoms with E-state index in [4.69, 9.17) is 11.6 Å². The number of hydrogen-bond donors (Lipinski definition) is 3. The lowest BCUT2D eigenvalue weighted by Crippen LogP contribution is -2.18. The van der Waals surface area contributed by atoms with Crippen molar-refractivity contribution in [2.24, 2.45) is 0 Å². The molecule has 0 unspecified atom stereocenters. The Balaban J connectivity index is 1.72. The van der Waals surface area contributed by atoms with Crippen LogP contribution in [0.5, 0.6) is 11.5 Å². The summed E-state index contributed by atoms with van der Waals surface area (Å²) >= 11 is 7.46. The molecule has 0 atom stereocenters. The Morgan fingerprint density at radius 2 is 1.88 bits per heavy atom. The minimum atomic E-state index is -0.176. The maximum Gasteiger partial charge on any atom is 0.214 e. The van der Waals surface area contributed by atoms with Crippen molar-refractivity contribution in [3.05, 3.63) is 58.5 Å². The van der Waals surface area contributed by atoms with Gasteiger partial charge in [-0.3, -0.25) is 5.43 Å². The Kier molecular flexibility index (Phi) is 3.59. The third-order valence-corrected chi connectivity index (χ3v) is 4.58. The van der Waals surface area contributed by atoms with E-state index in [1.807, 2.05) is 23.6 Å². The second-order valence-corrected chi connectivity index (χ2v) is 6.39. The summed E-state index contributed by atoms with van der Waals surface area (Å²) in [7, 11) is 0. The number of aromatic hydroxyl groups is 2. The number of nitrogens with one attached hydrogen (secondary N) is 1. The molecule has 0 radical (unpaired) electrons. The topological polar surface area (TPSA) is 83.2 Å². The first-order valence-corrected chi connectivity index (χ1v) is 8.25. The largest absolute Gasteiger partial charge is 0.504 e. The summed E-state index contributed by atoms with van der Waals surface area (Å²) < 4.78 is 1.76. The third-order valence-electron chi connectivity index (χ3n) is 3.52. The summed E-state index contributed by atoms with van der Waals surface area (Å²) in [5.74, 6) is 0.297. The van der Waals surface area contributed by atoms with Crippen LogP contribution in [0.15, 0.2) is 53.0 Å². The van der Waals surface area contributed by atoms with Crippen LogP contribution in [0.1, 0.15) is 5.56 Å². The number of phenols is 2. The molecule has 4 rings (SSSR count). The van der Waals surface area contributed by atoms with Gasteiger partial charge in [0, 0.05) is 21.6 Å². The molecular formula is C16H11ClN4O2S. The monoisotopic (exact) mass is 358 g/mol. The van der Waals surface area contributed by atoms with E-state index in [2.05, 4.69) is 15.6 Å². The highest BCUT2D eigenvalue weighted by Gasteiger charge is 2.20. The zero-order valence-electron chi connectivity index (χ0n) is 12.1. The average Bonchev–Trinajstić information content (AvgIpc) is 3.00. The number of thioether (sulfide) groups is 1. The Morgan fingerprint density at radius 1 is 1.00 bits per heavy atom. The number of aromatic nitrogens is 3. The van der Waals surface area contributed by atoms with Crippen LogP contribution in [0.4, 0.5) is 0 Å². The molecule has 1 aliphatic heterocycles. The smallest absolute Gasteiger partial charge is 0.214 e. The van der Waals surface area contributed by atoms with E-state index in [9.17, 15) is 10.2 Å². The summed E-state index contributed by atoms with van der Waals surface area (Å²) in [4.78, 5) is 0. The second-order valence-electron chi connectivity index (χ2n) is 5.12. The van der Waals surface area contributed by atoms with Crippen LogP contribution >= 0.6 is 23.4 Å². The molecule has 0 fully saturated rings. The van der Waals surface area contributed by atoms with Gasteiger partial charge >= 0.3 is 0 Å². The number of nitrogens with zero attached hydrogens (tertiary/aromatic N) is 3. The van der Waals surface area contributed by atoms with Gasteiger partial charge in [0.15, 0.2) is 17.3 Å². The summed E-state index contributed by atoms with van der Waals surface area (Å²) in [6.07, 6.45) is 0. The molecule has 2 heterocycles. The predicted molar refractivity (Wildman–Crippen MR) is 93.4 cm³/mol. The lowest BCUT2D eigenvalue weighted by molar-refractivity contribution is 0.403. The Labute approximate surface area is 146 Å². The van der Waals surface area contributed by atoms with Crippen molar-refractivity contribution in [3.63, 3.8) is 0 Å². The van der Waals surface area contributed by atoms with Crippen LogP contribution in [0, 0.1) is 0 Å². The van der Waals surface area contributed by atoms with Gasteiger partial charge < -0.3 is 10.2 Å². The maximum absolute atomic E-state index is 9.69. The van der Waals surface area contributed by atoms with Gasteiger partial charge in [0.1, 0.15) is 0 Å². The summed E-state index contributed by atoms with van der Waals surface area (Å²) in [6, 6.07) is 12.0. The fraction of sp³-hybridized carbons (Fsp3) is 0. The van der Waals surface area contributed by atoms with Gasteiger partial charge in [0.05, 0.1) is 5.70 Å². The van der Waals surface area contributed by atoms with Crippen LogP contribution in [0.2, 0.25) is 5.02 Å². The van der Waals surface area contributed by atoms with E-state index >= 15 is 0 Å². The van der Waals surface area contributed by atoms with Crippen molar-refractivity contribution in [1.29, 1.82) is 0 Å². The van der Waals surface area contributed by atoms with Crippen molar-refractivity contribution in [2.75, 3.05) is 5.43 Å². The van der Waals surface area contributed by atoms with E-state index in [1.54, 1.807) is 16.8 Å². The Hall–Kier alpha value is -2.64. The summed E-state index contributed by atoms with van der Waals surface area (Å²) in [5.41, 5.74) is 5.55. The third kappa shape index (κ3) is 2.57. The highest BCUT2D eigenvalue weighted by atomic mass is 35.5. The second kappa shape index (κ2) is 5.77. The Bertz CT molecular complexity index is 970. The summed E-state index contributed by atoms with van der Waals surface area (Å²) in [6.45, 7) is 0. The van der Waals surface area contributed by atoms with Crippen molar-refractivity contribution in [3.8, 4) is 22.9 Å². The molecule has 8 heteroatoms. The lowest BCUT2D eigenvalue weighted by Gasteiger charge is -2.19. The molecule has 3 N–H and O–H groups in total. The minimum Gasteiger partial charge on any atom is -0.504 e. The van der Waals surface area contributed by atoms with Crippen molar-refractivity contribution >= 4 is 29.1 Å². The zero-order valence-corrected chi connectivity index (χ0v) is 13.7. The van der Waals surface area contributed by atoms with Gasteiger partial charge in [0.2, 0.25) is 5.16 Å². The van der Waals surface area contributed by atoms with E-state index in [-0.39, 0.29) is 11.5 Å². The number of phenolic OH excluding ortho intramolecular Hbond substituents is 2. The molecule has 0 saturated carbocycles. The highest BCUT2D eigenvalue weighted by molar-refractivity contribution is 8.02. The van der Waals surface area contributed by atoms with E-state index in [0.717, 1.165) is 16.8 Å². The van der Waals surface area contributed by atoms with Gasteiger partial charge in [0.25, 0.3) is 0 Å². The number of halogens is 1. The summed E-state index contributed by atoms with van der Waals surface area (Å²) in [5, 5.41) is 30.7. The van der Waals surface area contributed by atoms with Crippen molar-refractivity contribution < 1.29 is 10.2 Å². The maximum atomic E-state index is 9.69. The lowest BCUT2D eigenvalue weighted by atomic mass is 10.1. The first kappa shape index (κ1) is 14.9. The fourth-order valence-electron chi connectivity index (χ4n) is 2.34. The van der Waals surface area contributed by atoms with Crippen LogP contribution in [0.25, 0.3) is 17.1 Å². The number of benzene rings is 2. The van der Waals surface area contributed by atoms with Crippen molar-refractivity contribution in [1.82, 2.24) is 14.9 Å². The van der Waals surface area contributed by atoms with Gasteiger partial charge in [-0.25, -0.2) is 4.68 Å². The molecule has 1 aromatic heterocycles. The molecule has 0 bridgehead atoms. The highest BCUT2D eigenvalue weighted by Crippen LogP contribution is 2.34.